The third-order valence-corrected chi connectivity index (χ3v) is 3.92. The highest BCUT2D eigenvalue weighted by atomic mass is 35.5. The van der Waals surface area contributed by atoms with E-state index in [1.165, 1.54) is 24.3 Å². The van der Waals surface area contributed by atoms with Crippen LogP contribution in [0.15, 0.2) is 47.6 Å². The Balaban J connectivity index is 1.74. The van der Waals surface area contributed by atoms with Gasteiger partial charge in [-0.3, -0.25) is 4.79 Å². The molecule has 1 heterocycles. The van der Waals surface area contributed by atoms with Crippen LogP contribution in [0, 0.1) is 5.82 Å². The van der Waals surface area contributed by atoms with Crippen molar-refractivity contribution in [1.82, 2.24) is 4.98 Å². The van der Waals surface area contributed by atoms with Gasteiger partial charge in [0.2, 0.25) is 0 Å². The topological polar surface area (TPSA) is 30.0 Å². The lowest BCUT2D eigenvalue weighted by Gasteiger charge is -2.02. The second-order valence-corrected chi connectivity index (χ2v) is 5.75. The lowest BCUT2D eigenvalue weighted by Crippen LogP contribution is -1.99. The number of pyridine rings is 1. The summed E-state index contributed by atoms with van der Waals surface area (Å²) in [5.41, 5.74) is 0.556. The molecule has 0 fully saturated rings. The number of hydrogen-bond acceptors (Lipinski definition) is 3. The molecule has 0 amide bonds. The highest BCUT2D eigenvalue weighted by Crippen LogP contribution is 2.19. The summed E-state index contributed by atoms with van der Waals surface area (Å²) in [7, 11) is 0. The molecule has 2 aromatic rings. The zero-order valence-electron chi connectivity index (χ0n) is 10.7. The minimum atomic E-state index is -0.328. The molecule has 0 aliphatic rings. The molecule has 0 bridgehead atoms. The Morgan fingerprint density at radius 2 is 1.95 bits per heavy atom. The zero-order valence-corrected chi connectivity index (χ0v) is 12.3. The van der Waals surface area contributed by atoms with Crippen LogP contribution >= 0.6 is 23.4 Å². The van der Waals surface area contributed by atoms with Gasteiger partial charge in [0.25, 0.3) is 0 Å². The summed E-state index contributed by atoms with van der Waals surface area (Å²) in [4.78, 5) is 16.0. The number of aromatic nitrogens is 1. The number of benzene rings is 1. The third-order valence-electron chi connectivity index (χ3n) is 2.66. The van der Waals surface area contributed by atoms with E-state index >= 15 is 0 Å². The number of carbonyl (C=O) groups is 1. The fourth-order valence-electron chi connectivity index (χ4n) is 1.64. The normalized spacial score (nSPS) is 10.5. The van der Waals surface area contributed by atoms with E-state index in [-0.39, 0.29) is 11.6 Å². The van der Waals surface area contributed by atoms with Crippen LogP contribution in [0.2, 0.25) is 5.02 Å². The fraction of sp³-hybridized carbons (Fsp3) is 0.200. The summed E-state index contributed by atoms with van der Waals surface area (Å²) in [5.74, 6) is 0.516. The monoisotopic (exact) mass is 309 g/mol. The molecule has 104 valence electrons. The molecule has 0 spiro atoms. The van der Waals surface area contributed by atoms with E-state index in [0.717, 1.165) is 17.2 Å². The first-order valence-corrected chi connectivity index (χ1v) is 7.54. The van der Waals surface area contributed by atoms with Crippen LogP contribution < -0.4 is 0 Å². The van der Waals surface area contributed by atoms with Crippen molar-refractivity contribution in [3.8, 4) is 0 Å². The Bertz CT molecular complexity index is 571. The van der Waals surface area contributed by atoms with Crippen molar-refractivity contribution in [2.45, 2.75) is 17.9 Å². The van der Waals surface area contributed by atoms with E-state index in [9.17, 15) is 9.18 Å². The Morgan fingerprint density at radius 3 is 2.60 bits per heavy atom. The number of carbonyl (C=O) groups excluding carboxylic acids is 1. The quantitative estimate of drug-likeness (QED) is 0.443. The first kappa shape index (κ1) is 15.0. The van der Waals surface area contributed by atoms with Gasteiger partial charge in [0.1, 0.15) is 5.82 Å². The van der Waals surface area contributed by atoms with Gasteiger partial charge >= 0.3 is 0 Å². The molecule has 0 saturated carbocycles. The molecule has 0 radical (unpaired) electrons. The molecule has 1 aromatic heterocycles. The van der Waals surface area contributed by atoms with E-state index in [2.05, 4.69) is 4.98 Å². The summed E-state index contributed by atoms with van der Waals surface area (Å²) < 4.78 is 12.7. The van der Waals surface area contributed by atoms with Crippen molar-refractivity contribution in [1.29, 1.82) is 0 Å². The first-order valence-electron chi connectivity index (χ1n) is 6.18. The molecular formula is C15H13ClFNOS. The van der Waals surface area contributed by atoms with Gasteiger partial charge in [0.15, 0.2) is 5.78 Å². The van der Waals surface area contributed by atoms with Crippen LogP contribution in [-0.2, 0) is 0 Å². The van der Waals surface area contributed by atoms with E-state index in [0.29, 0.717) is 17.0 Å². The number of ketones is 1. The number of nitrogens with zero attached hydrogens (tertiary/aromatic N) is 1. The second-order valence-electron chi connectivity index (χ2n) is 4.20. The Labute approximate surface area is 126 Å². The second kappa shape index (κ2) is 7.41. The summed E-state index contributed by atoms with van der Waals surface area (Å²) >= 11 is 7.34. The van der Waals surface area contributed by atoms with Crippen molar-refractivity contribution < 1.29 is 9.18 Å². The van der Waals surface area contributed by atoms with Crippen LogP contribution in [0.1, 0.15) is 23.2 Å². The summed E-state index contributed by atoms with van der Waals surface area (Å²) in [6.45, 7) is 0. The lowest BCUT2D eigenvalue weighted by molar-refractivity contribution is 0.0982. The molecule has 0 aliphatic carbocycles. The van der Waals surface area contributed by atoms with Gasteiger partial charge in [-0.25, -0.2) is 9.37 Å². The maximum atomic E-state index is 12.7. The van der Waals surface area contributed by atoms with E-state index < -0.39 is 0 Å². The number of halogens is 2. The SMILES string of the molecule is O=C(CCCSc1ccc(Cl)cn1)c1ccc(F)cc1. The van der Waals surface area contributed by atoms with Crippen molar-refractivity contribution in [3.63, 3.8) is 0 Å². The maximum Gasteiger partial charge on any atom is 0.162 e. The summed E-state index contributed by atoms with van der Waals surface area (Å²) in [5, 5.41) is 1.50. The summed E-state index contributed by atoms with van der Waals surface area (Å²) in [6, 6.07) is 9.30. The van der Waals surface area contributed by atoms with Crippen LogP contribution in [-0.4, -0.2) is 16.5 Å². The Hall–Kier alpha value is -1.39. The largest absolute Gasteiger partial charge is 0.294 e. The van der Waals surface area contributed by atoms with Crippen LogP contribution in [0.5, 0.6) is 0 Å². The van der Waals surface area contributed by atoms with E-state index in [4.69, 9.17) is 11.6 Å². The minimum Gasteiger partial charge on any atom is -0.294 e. The standard InChI is InChI=1S/C15H13ClFNOS/c16-12-5-8-15(18-10-12)20-9-1-2-14(19)11-3-6-13(17)7-4-11/h3-8,10H,1-2,9H2. The predicted octanol–water partition coefficient (Wildman–Crippen LogP) is 4.63. The predicted molar refractivity (Wildman–Crippen MR) is 79.9 cm³/mol. The number of rotatable bonds is 6. The average Bonchev–Trinajstić information content (AvgIpc) is 2.46. The van der Waals surface area contributed by atoms with Crippen LogP contribution in [0.25, 0.3) is 0 Å². The first-order chi connectivity index (χ1) is 9.65. The van der Waals surface area contributed by atoms with Crippen LogP contribution in [0.4, 0.5) is 4.39 Å². The van der Waals surface area contributed by atoms with E-state index in [1.54, 1.807) is 24.0 Å². The molecule has 0 saturated heterocycles. The van der Waals surface area contributed by atoms with Crippen molar-refractivity contribution in [3.05, 3.63) is 59.0 Å². The lowest BCUT2D eigenvalue weighted by atomic mass is 10.1. The van der Waals surface area contributed by atoms with Crippen molar-refractivity contribution in [2.24, 2.45) is 0 Å². The molecule has 0 N–H and O–H groups in total. The Kier molecular flexibility index (Phi) is 5.56. The molecule has 1 aromatic carbocycles. The molecule has 0 aliphatic heterocycles. The zero-order chi connectivity index (χ0) is 14.4. The molecule has 2 nitrogen and oxygen atoms in total. The molecule has 2 rings (SSSR count). The van der Waals surface area contributed by atoms with Gasteiger partial charge in [-0.2, -0.15) is 0 Å². The highest BCUT2D eigenvalue weighted by molar-refractivity contribution is 7.99. The maximum absolute atomic E-state index is 12.7. The smallest absolute Gasteiger partial charge is 0.162 e. The van der Waals surface area contributed by atoms with Crippen molar-refractivity contribution in [2.75, 3.05) is 5.75 Å². The van der Waals surface area contributed by atoms with Gasteiger partial charge in [-0.1, -0.05) is 11.6 Å². The van der Waals surface area contributed by atoms with Crippen molar-refractivity contribution >= 4 is 29.1 Å². The average molecular weight is 310 g/mol. The molecule has 5 heteroatoms. The third kappa shape index (κ3) is 4.62. The molecule has 0 unspecified atom stereocenters. The van der Waals surface area contributed by atoms with Gasteiger partial charge < -0.3 is 0 Å². The van der Waals surface area contributed by atoms with Gasteiger partial charge in [-0.05, 0) is 48.6 Å². The highest BCUT2D eigenvalue weighted by Gasteiger charge is 2.06. The van der Waals surface area contributed by atoms with Gasteiger partial charge in [-0.15, -0.1) is 11.8 Å². The summed E-state index contributed by atoms with van der Waals surface area (Å²) in [6.07, 6.45) is 2.81. The van der Waals surface area contributed by atoms with Gasteiger partial charge in [0.05, 0.1) is 10.0 Å². The number of Topliss-reactive ketones (excluding diaryl/α,β-unsaturated/α-hetero) is 1. The molecule has 0 atom stereocenters. The van der Waals surface area contributed by atoms with E-state index in [1.807, 2.05) is 6.07 Å². The van der Waals surface area contributed by atoms with Gasteiger partial charge in [0, 0.05) is 18.2 Å². The number of thioether (sulfide) groups is 1. The molecular weight excluding hydrogens is 297 g/mol. The fourth-order valence-corrected chi connectivity index (χ4v) is 2.54. The Morgan fingerprint density at radius 1 is 1.20 bits per heavy atom. The minimum absolute atomic E-state index is 0.0367. The molecule has 20 heavy (non-hydrogen) atoms. The number of hydrogen-bond donors (Lipinski definition) is 0. The van der Waals surface area contributed by atoms with Crippen LogP contribution in [0.3, 0.4) is 0 Å².